The molecule has 1 aromatic rings. The Morgan fingerprint density at radius 1 is 1.18 bits per heavy atom. The van der Waals surface area contributed by atoms with Crippen LogP contribution in [0.2, 0.25) is 0 Å². The van der Waals surface area contributed by atoms with Crippen molar-refractivity contribution in [3.05, 3.63) is 23.8 Å². The van der Waals surface area contributed by atoms with E-state index in [0.29, 0.717) is 17.1 Å². The van der Waals surface area contributed by atoms with Crippen molar-refractivity contribution in [3.63, 3.8) is 0 Å². The number of amides is 1. The van der Waals surface area contributed by atoms with E-state index in [0.717, 1.165) is 11.2 Å². The number of likely N-dealkylation sites (N-methyl/N-ethyl adjacent to an activating group) is 1. The van der Waals surface area contributed by atoms with Crippen LogP contribution in [-0.4, -0.2) is 69.8 Å². The molecule has 1 heterocycles. The van der Waals surface area contributed by atoms with Gasteiger partial charge in [-0.1, -0.05) is 0 Å². The Hall–Kier alpha value is -2.82. The number of hydrogen-bond donors (Lipinski definition) is 0. The standard InChI is InChI=1S/C17H21NO9S/c1-11(16(20)12-4-5-13-14(8-12)25-9-24-13)18(2)17(21)27-10-26-15(19)6-7-28(3,22)23/h4-5,8,11H,6-7,9-10H2,1-3H3. The molecule has 0 saturated heterocycles. The molecule has 28 heavy (non-hydrogen) atoms. The highest BCUT2D eigenvalue weighted by atomic mass is 32.2. The van der Waals surface area contributed by atoms with Crippen LogP contribution in [0.1, 0.15) is 23.7 Å². The second-order valence-electron chi connectivity index (χ2n) is 6.14. The van der Waals surface area contributed by atoms with Crippen LogP contribution in [-0.2, 0) is 24.1 Å². The molecule has 0 spiro atoms. The van der Waals surface area contributed by atoms with E-state index < -0.39 is 34.7 Å². The molecule has 1 amide bonds. The monoisotopic (exact) mass is 415 g/mol. The molecule has 1 atom stereocenters. The van der Waals surface area contributed by atoms with Crippen molar-refractivity contribution in [3.8, 4) is 11.5 Å². The Morgan fingerprint density at radius 2 is 1.86 bits per heavy atom. The molecule has 1 aliphatic heterocycles. The van der Waals surface area contributed by atoms with Crippen LogP contribution >= 0.6 is 0 Å². The molecule has 1 aliphatic rings. The lowest BCUT2D eigenvalue weighted by atomic mass is 10.0. The highest BCUT2D eigenvalue weighted by Gasteiger charge is 2.26. The lowest BCUT2D eigenvalue weighted by molar-refractivity contribution is -0.151. The SMILES string of the molecule is CC(C(=O)c1ccc2c(c1)OCO2)N(C)C(=O)OCOC(=O)CCS(C)(=O)=O. The molecule has 0 bridgehead atoms. The zero-order valence-corrected chi connectivity index (χ0v) is 16.5. The van der Waals surface area contributed by atoms with Crippen molar-refractivity contribution >= 4 is 27.7 Å². The molecule has 0 fully saturated rings. The second kappa shape index (κ2) is 8.91. The summed E-state index contributed by atoms with van der Waals surface area (Å²) in [5.74, 6) is -0.534. The van der Waals surface area contributed by atoms with E-state index in [1.54, 1.807) is 12.1 Å². The molecular weight excluding hydrogens is 394 g/mol. The largest absolute Gasteiger partial charge is 0.454 e. The van der Waals surface area contributed by atoms with Crippen LogP contribution in [0, 0.1) is 0 Å². The molecule has 2 rings (SSSR count). The summed E-state index contributed by atoms with van der Waals surface area (Å²) in [6.45, 7) is 0.917. The van der Waals surface area contributed by atoms with Gasteiger partial charge in [0.2, 0.25) is 13.6 Å². The summed E-state index contributed by atoms with van der Waals surface area (Å²) in [6.07, 6.45) is -0.225. The predicted octanol–water partition coefficient (Wildman–Crippen LogP) is 0.990. The Morgan fingerprint density at radius 3 is 2.54 bits per heavy atom. The third kappa shape index (κ3) is 5.84. The fraction of sp³-hybridized carbons (Fsp3) is 0.471. The van der Waals surface area contributed by atoms with E-state index in [4.69, 9.17) is 14.2 Å². The lowest BCUT2D eigenvalue weighted by Crippen LogP contribution is -2.41. The van der Waals surface area contributed by atoms with E-state index in [9.17, 15) is 22.8 Å². The Kier molecular flexibility index (Phi) is 6.84. The maximum Gasteiger partial charge on any atom is 0.413 e. The smallest absolute Gasteiger partial charge is 0.413 e. The molecular formula is C17H21NO9S. The molecule has 0 radical (unpaired) electrons. The number of carbonyl (C=O) groups is 3. The predicted molar refractivity (Wildman–Crippen MR) is 95.9 cm³/mol. The first-order valence-corrected chi connectivity index (χ1v) is 10.3. The van der Waals surface area contributed by atoms with E-state index in [-0.39, 0.29) is 24.7 Å². The van der Waals surface area contributed by atoms with Gasteiger partial charge in [0.1, 0.15) is 9.84 Å². The number of ketones is 1. The summed E-state index contributed by atoms with van der Waals surface area (Å²) in [4.78, 5) is 37.0. The summed E-state index contributed by atoms with van der Waals surface area (Å²) < 4.78 is 41.8. The number of Topliss-reactive ketones (excluding diaryl/α,β-unsaturated/α-hetero) is 1. The number of hydrogen-bond acceptors (Lipinski definition) is 9. The first kappa shape index (κ1) is 21.5. The average molecular weight is 415 g/mol. The van der Waals surface area contributed by atoms with Gasteiger partial charge in [0.05, 0.1) is 18.2 Å². The maximum atomic E-state index is 12.6. The van der Waals surface area contributed by atoms with Gasteiger partial charge in [-0.05, 0) is 25.1 Å². The summed E-state index contributed by atoms with van der Waals surface area (Å²) in [6, 6.07) is 3.85. The molecule has 11 heteroatoms. The quantitative estimate of drug-likeness (QED) is 0.347. The Balaban J connectivity index is 1.83. The number of sulfone groups is 1. The normalized spacial score (nSPS) is 13.5. The van der Waals surface area contributed by atoms with Crippen molar-refractivity contribution in [2.24, 2.45) is 0 Å². The molecule has 1 aromatic carbocycles. The molecule has 0 aliphatic carbocycles. The number of fused-ring (bicyclic) bond motifs is 1. The van der Waals surface area contributed by atoms with Gasteiger partial charge >= 0.3 is 12.1 Å². The summed E-state index contributed by atoms with van der Waals surface area (Å²) in [5.41, 5.74) is 0.337. The van der Waals surface area contributed by atoms with Crippen LogP contribution in [0.4, 0.5) is 4.79 Å². The van der Waals surface area contributed by atoms with E-state index in [2.05, 4.69) is 4.74 Å². The van der Waals surface area contributed by atoms with E-state index in [1.807, 2.05) is 0 Å². The van der Waals surface area contributed by atoms with Gasteiger partial charge in [-0.3, -0.25) is 9.59 Å². The number of benzene rings is 1. The Bertz CT molecular complexity index is 865. The molecule has 10 nitrogen and oxygen atoms in total. The first-order valence-electron chi connectivity index (χ1n) is 8.25. The van der Waals surface area contributed by atoms with Crippen molar-refractivity contribution in [1.29, 1.82) is 0 Å². The molecule has 0 N–H and O–H groups in total. The number of rotatable bonds is 8. The van der Waals surface area contributed by atoms with Gasteiger partial charge in [0.25, 0.3) is 0 Å². The van der Waals surface area contributed by atoms with E-state index >= 15 is 0 Å². The van der Waals surface area contributed by atoms with Crippen molar-refractivity contribution in [1.82, 2.24) is 4.90 Å². The molecule has 0 saturated carbocycles. The number of carbonyl (C=O) groups excluding carboxylic acids is 3. The summed E-state index contributed by atoms with van der Waals surface area (Å²) in [7, 11) is -1.93. The number of ether oxygens (including phenoxy) is 4. The van der Waals surface area contributed by atoms with Crippen LogP contribution in [0.3, 0.4) is 0 Å². The minimum Gasteiger partial charge on any atom is -0.454 e. The van der Waals surface area contributed by atoms with Gasteiger partial charge in [-0.15, -0.1) is 0 Å². The average Bonchev–Trinajstić information content (AvgIpc) is 3.11. The third-order valence-electron chi connectivity index (χ3n) is 3.98. The maximum absolute atomic E-state index is 12.6. The van der Waals surface area contributed by atoms with Gasteiger partial charge in [-0.25, -0.2) is 13.2 Å². The fourth-order valence-electron chi connectivity index (χ4n) is 2.21. The Labute approximate surface area is 162 Å². The van der Waals surface area contributed by atoms with Crippen molar-refractivity contribution < 1.29 is 41.7 Å². The highest BCUT2D eigenvalue weighted by molar-refractivity contribution is 7.90. The number of esters is 1. The molecule has 1 unspecified atom stereocenters. The zero-order chi connectivity index (χ0) is 20.9. The minimum absolute atomic E-state index is 0.0810. The number of nitrogens with zero attached hydrogens (tertiary/aromatic N) is 1. The molecule has 0 aromatic heterocycles. The lowest BCUT2D eigenvalue weighted by Gasteiger charge is -2.23. The van der Waals surface area contributed by atoms with Gasteiger partial charge in [0, 0.05) is 18.9 Å². The zero-order valence-electron chi connectivity index (χ0n) is 15.7. The summed E-state index contributed by atoms with van der Waals surface area (Å²) >= 11 is 0. The third-order valence-corrected chi connectivity index (χ3v) is 4.93. The van der Waals surface area contributed by atoms with Gasteiger partial charge in [0.15, 0.2) is 17.3 Å². The first-order chi connectivity index (χ1) is 13.1. The fourth-order valence-corrected chi connectivity index (χ4v) is 2.75. The van der Waals surface area contributed by atoms with E-state index in [1.165, 1.54) is 20.0 Å². The van der Waals surface area contributed by atoms with Crippen LogP contribution in [0.25, 0.3) is 0 Å². The molecule has 154 valence electrons. The highest BCUT2D eigenvalue weighted by Crippen LogP contribution is 2.32. The second-order valence-corrected chi connectivity index (χ2v) is 8.40. The minimum atomic E-state index is -3.30. The van der Waals surface area contributed by atoms with Crippen molar-refractivity contribution in [2.45, 2.75) is 19.4 Å². The van der Waals surface area contributed by atoms with Crippen LogP contribution < -0.4 is 9.47 Å². The van der Waals surface area contributed by atoms with Gasteiger partial charge in [-0.2, -0.15) is 0 Å². The van der Waals surface area contributed by atoms with Gasteiger partial charge < -0.3 is 23.8 Å². The summed E-state index contributed by atoms with van der Waals surface area (Å²) in [5, 5.41) is 0. The van der Waals surface area contributed by atoms with Crippen molar-refractivity contribution in [2.75, 3.05) is 32.6 Å². The topological polar surface area (TPSA) is 126 Å². The van der Waals surface area contributed by atoms with Crippen LogP contribution in [0.5, 0.6) is 11.5 Å². The van der Waals surface area contributed by atoms with Crippen LogP contribution in [0.15, 0.2) is 18.2 Å².